The number of aliphatic imine (C=N–C) groups is 2. The van der Waals surface area contributed by atoms with Crippen LogP contribution in [0.25, 0.3) is 65.3 Å². The number of hydrogen-bond donors (Lipinski definition) is 2. The number of halogens is 6. The third-order valence-corrected chi connectivity index (χ3v) is 11.4. The molecule has 62 heavy (non-hydrogen) atoms. The Morgan fingerprint density at radius 2 is 0.774 bits per heavy atom. The smallest absolute Gasteiger partial charge is 0 e. The Morgan fingerprint density at radius 3 is 1.13 bits per heavy atom. The van der Waals surface area contributed by atoms with Crippen molar-refractivity contribution in [1.29, 1.82) is 0 Å². The molecule has 1 aliphatic rings. The van der Waals surface area contributed by atoms with Gasteiger partial charge in [-0.15, -0.1) is 0 Å². The van der Waals surface area contributed by atoms with E-state index in [1.165, 1.54) is 0 Å². The van der Waals surface area contributed by atoms with Crippen LogP contribution in [0.1, 0.15) is 47.9 Å². The largest absolute Gasteiger partial charge is 0 e. The van der Waals surface area contributed by atoms with E-state index in [1.54, 1.807) is 0 Å². The first-order valence-corrected chi connectivity index (χ1v) is 22.0. The Balaban J connectivity index is 0.000000668. The van der Waals surface area contributed by atoms with Gasteiger partial charge in [0.15, 0.2) is 0 Å². The van der Waals surface area contributed by atoms with Crippen LogP contribution in [0.5, 0.6) is 11.5 Å². The summed E-state index contributed by atoms with van der Waals surface area (Å²) >= 11 is 0. The Labute approximate surface area is 365 Å². The van der Waals surface area contributed by atoms with Crippen molar-refractivity contribution in [3.63, 3.8) is 0 Å². The van der Waals surface area contributed by atoms with Gasteiger partial charge in [-0.05, 0) is 104 Å². The van der Waals surface area contributed by atoms with Crippen molar-refractivity contribution in [1.82, 2.24) is 0 Å². The maximum absolute atomic E-state index is 12.0. The summed E-state index contributed by atoms with van der Waals surface area (Å²) in [5.74, 6) is 0.482. The van der Waals surface area contributed by atoms with Crippen molar-refractivity contribution in [3.05, 3.63) is 156 Å². The molecule has 0 bridgehead atoms. The molecule has 1 aliphatic carbocycles. The summed E-state index contributed by atoms with van der Waals surface area (Å²) in [6.07, 6.45) is 7.69. The molecule has 1 radical (unpaired) electrons. The van der Waals surface area contributed by atoms with Crippen LogP contribution in [-0.4, -0.2) is 34.7 Å². The third-order valence-electron chi connectivity index (χ3n) is 11.4. The number of rotatable bonds is 6. The maximum Gasteiger partial charge on any atom is 0 e. The second kappa shape index (κ2) is 16.5. The van der Waals surface area contributed by atoms with Crippen LogP contribution in [0, 0.1) is 13.8 Å². The van der Waals surface area contributed by atoms with E-state index in [9.17, 15) is 35.4 Å². The topological polar surface area (TPSA) is 65.2 Å². The van der Waals surface area contributed by atoms with Crippen molar-refractivity contribution >= 4 is 63.3 Å². The second-order valence-electron chi connectivity index (χ2n) is 15.7. The molecule has 2 N–H and O–H groups in total. The van der Waals surface area contributed by atoms with Gasteiger partial charge in [0.2, 0.25) is 0 Å². The third kappa shape index (κ3) is 9.81. The van der Waals surface area contributed by atoms with Crippen LogP contribution in [0.4, 0.5) is 25.2 Å². The predicted molar refractivity (Wildman–Crippen MR) is 241 cm³/mol. The molecule has 12 heteroatoms. The van der Waals surface area contributed by atoms with Gasteiger partial charge in [-0.25, -0.2) is 0 Å². The van der Waals surface area contributed by atoms with E-state index < -0.39 is 7.81 Å². The molecule has 319 valence electrons. The average Bonchev–Trinajstić information content (AvgIpc) is 3.22. The summed E-state index contributed by atoms with van der Waals surface area (Å²) in [5, 5.41) is 32.7. The maximum atomic E-state index is 12.0. The summed E-state index contributed by atoms with van der Waals surface area (Å²) < 4.78 is 59.2. The quantitative estimate of drug-likeness (QED) is 0.0756. The minimum atomic E-state index is -10.7. The van der Waals surface area contributed by atoms with Crippen LogP contribution in [0.3, 0.4) is 0 Å². The van der Waals surface area contributed by atoms with Gasteiger partial charge in [-0.1, -0.05) is 134 Å². The molecule has 1 fully saturated rings. The van der Waals surface area contributed by atoms with Gasteiger partial charge >= 0.3 is 33.0 Å². The monoisotopic (exact) mass is 902 g/mol. The Morgan fingerprint density at radius 1 is 0.468 bits per heavy atom. The van der Waals surface area contributed by atoms with E-state index in [4.69, 9.17) is 9.98 Å². The molecule has 0 spiro atoms. The minimum absolute atomic E-state index is 0. The Hall–Kier alpha value is -5.73. The summed E-state index contributed by atoms with van der Waals surface area (Å²) in [6.45, 7) is 4.22. The molecular formula is C50H42F6MnN2O2P-. The van der Waals surface area contributed by atoms with Gasteiger partial charge in [0, 0.05) is 51.8 Å². The van der Waals surface area contributed by atoms with E-state index in [1.807, 2.05) is 48.8 Å². The number of phenols is 2. The van der Waals surface area contributed by atoms with E-state index in [0.29, 0.717) is 11.1 Å². The molecular weight excluding hydrogens is 860 g/mol. The van der Waals surface area contributed by atoms with Gasteiger partial charge in [-0.3, -0.25) is 9.98 Å². The summed E-state index contributed by atoms with van der Waals surface area (Å²) in [7, 11) is -10.7. The van der Waals surface area contributed by atoms with Gasteiger partial charge in [-0.2, -0.15) is 0 Å². The number of nitrogens with zero attached hydrogens (tertiary/aromatic N) is 2. The number of aromatic hydroxyl groups is 2. The normalized spacial score (nSPS) is 16.9. The molecule has 8 aromatic carbocycles. The van der Waals surface area contributed by atoms with Crippen molar-refractivity contribution in [2.75, 3.05) is 0 Å². The molecule has 2 atom stereocenters. The average molecular weight is 903 g/mol. The van der Waals surface area contributed by atoms with Crippen molar-refractivity contribution < 1.29 is 52.5 Å². The van der Waals surface area contributed by atoms with E-state index in [0.717, 1.165) is 102 Å². The van der Waals surface area contributed by atoms with Crippen LogP contribution in [-0.2, 0) is 17.1 Å². The number of phenolic OH excluding ortho intramolecular Hbond substituents is 2. The summed E-state index contributed by atoms with van der Waals surface area (Å²) in [5.41, 5.74) is 7.40. The van der Waals surface area contributed by atoms with Gasteiger partial charge in [0.25, 0.3) is 0 Å². The molecule has 4 nitrogen and oxygen atoms in total. The molecule has 0 heterocycles. The van der Waals surface area contributed by atoms with Crippen molar-refractivity contribution in [2.45, 2.75) is 51.6 Å². The summed E-state index contributed by atoms with van der Waals surface area (Å²) in [4.78, 5) is 10.3. The zero-order valence-corrected chi connectivity index (χ0v) is 35.8. The van der Waals surface area contributed by atoms with E-state index >= 15 is 0 Å². The van der Waals surface area contributed by atoms with Gasteiger partial charge < -0.3 is 10.2 Å². The Kier molecular flexibility index (Phi) is 11.8. The van der Waals surface area contributed by atoms with Crippen LogP contribution in [0.2, 0.25) is 0 Å². The first kappa shape index (κ1) is 44.3. The second-order valence-corrected chi connectivity index (χ2v) is 17.6. The van der Waals surface area contributed by atoms with Crippen molar-refractivity contribution in [3.8, 4) is 33.8 Å². The fraction of sp³-hybridized carbons (Fsp3) is 0.160. The predicted octanol–water partition coefficient (Wildman–Crippen LogP) is 15.9. The zero-order chi connectivity index (χ0) is 43.2. The van der Waals surface area contributed by atoms with Crippen molar-refractivity contribution in [2.24, 2.45) is 9.98 Å². The molecule has 0 unspecified atom stereocenters. The zero-order valence-electron chi connectivity index (χ0n) is 33.7. The minimum Gasteiger partial charge on any atom is 0 e. The summed E-state index contributed by atoms with van der Waals surface area (Å²) in [6, 6.07) is 45.8. The molecule has 0 aromatic heterocycles. The van der Waals surface area contributed by atoms with E-state index in [-0.39, 0.29) is 40.7 Å². The fourth-order valence-electron chi connectivity index (χ4n) is 8.64. The van der Waals surface area contributed by atoms with E-state index in [2.05, 4.69) is 111 Å². The molecule has 0 aliphatic heterocycles. The fourth-order valence-corrected chi connectivity index (χ4v) is 8.64. The molecule has 8 aromatic rings. The molecule has 0 amide bonds. The van der Waals surface area contributed by atoms with Crippen LogP contribution < -0.4 is 0 Å². The van der Waals surface area contributed by atoms with Gasteiger partial charge in [0.05, 0.1) is 12.1 Å². The van der Waals surface area contributed by atoms with Gasteiger partial charge in [0.1, 0.15) is 11.5 Å². The van der Waals surface area contributed by atoms with Crippen LogP contribution >= 0.6 is 7.81 Å². The molecule has 9 rings (SSSR count). The first-order valence-electron chi connectivity index (χ1n) is 20.0. The first-order chi connectivity index (χ1) is 28.9. The standard InChI is InChI=1S/C50H42N2O2.F6P.Mn/c1-31-23-25-33-13-3-7-17-39(33)45(31)47-41-19-9-5-15-35(41)27-37(49(47)53)29-51-43-21-11-12-22-44(43)52-30-38-28-36-16-6-10-20-42(36)48(50(38)54)46-32(2)24-26-34-14-4-8-18-40(34)46;1-7(2,3,4,5)6;/h3-10,13-20,23-30,43-44,53-54H,11-12,21-22H2,1-2H3;;/q;-1;/t43-,44-;;/m1../s1. The molecule has 0 saturated heterocycles. The number of aryl methyl sites for hydroxylation is 2. The number of hydrogen-bond acceptors (Lipinski definition) is 4. The van der Waals surface area contributed by atoms with Crippen LogP contribution in [0.15, 0.2) is 143 Å². The Bertz CT molecular complexity index is 2860. The number of fused-ring (bicyclic) bond motifs is 4. The SMILES string of the molecule is Cc1ccc2ccccc2c1-c1c(O)c(C=N[C@@H]2CCCC[C@H]2N=Cc2cc3ccccc3c(-c3c(C)ccc4ccccc34)c2O)cc2ccccc12.F[P-](F)(F)(F)(F)F.[Mn]. The molecule has 1 saturated carbocycles. The number of benzene rings is 8.